The summed E-state index contributed by atoms with van der Waals surface area (Å²) in [5, 5.41) is 0. The molecule has 1 aliphatic carbocycles. The lowest BCUT2D eigenvalue weighted by Crippen LogP contribution is -2.37. The maximum absolute atomic E-state index is 13.2. The highest BCUT2D eigenvalue weighted by Gasteiger charge is 2.29. The molecular weight excluding hydrogens is 330 g/mol. The second-order valence-corrected chi connectivity index (χ2v) is 7.97. The van der Waals surface area contributed by atoms with Crippen LogP contribution in [-0.4, -0.2) is 18.8 Å². The van der Waals surface area contributed by atoms with Crippen LogP contribution in [0, 0.1) is 18.9 Å². The van der Waals surface area contributed by atoms with Gasteiger partial charge in [0.25, 0.3) is 10.0 Å². The molecule has 0 saturated carbocycles. The number of nitrogens with zero attached hydrogens (tertiary/aromatic N) is 1. The van der Waals surface area contributed by atoms with Gasteiger partial charge >= 0.3 is 0 Å². The topological polar surface area (TPSA) is 37.4 Å². The largest absolute Gasteiger partial charge is 0.271 e. The second-order valence-electron chi connectivity index (χ2n) is 6.16. The molecule has 0 amide bonds. The molecule has 0 heterocycles. The average Bonchev–Trinajstić information content (AvgIpc) is 2.64. The second kappa shape index (κ2) is 7.58. The lowest BCUT2D eigenvalue weighted by atomic mass is 10.0. The molecule has 0 aromatic heterocycles. The van der Waals surface area contributed by atoms with E-state index < -0.39 is 10.0 Å². The molecule has 1 aliphatic rings. The van der Waals surface area contributed by atoms with Crippen molar-refractivity contribution in [2.24, 2.45) is 0 Å². The maximum atomic E-state index is 13.2. The Kier molecular flexibility index (Phi) is 5.25. The summed E-state index contributed by atoms with van der Waals surface area (Å²) in [5.74, 6) is 3.00. The van der Waals surface area contributed by atoms with Gasteiger partial charge in [-0.15, -0.1) is 0 Å². The van der Waals surface area contributed by atoms with Crippen LogP contribution in [0.1, 0.15) is 30.4 Å². The third-order valence-electron chi connectivity index (χ3n) is 4.24. The SMILES string of the molecule is Cc1ccc(S(=O)(=O)N(C#Cc2ccccc2)C2CC=CCC2)cc1. The van der Waals surface area contributed by atoms with E-state index in [0.717, 1.165) is 24.0 Å². The smallest absolute Gasteiger partial charge is 0.221 e. The van der Waals surface area contributed by atoms with Gasteiger partial charge in [0.1, 0.15) is 0 Å². The van der Waals surface area contributed by atoms with E-state index in [0.29, 0.717) is 6.42 Å². The Balaban J connectivity index is 2.00. The van der Waals surface area contributed by atoms with Crippen LogP contribution in [-0.2, 0) is 10.0 Å². The Hall–Kier alpha value is -2.51. The summed E-state index contributed by atoms with van der Waals surface area (Å²) in [5.41, 5.74) is 1.83. The van der Waals surface area contributed by atoms with Crippen molar-refractivity contribution in [3.8, 4) is 12.0 Å². The first-order valence-electron chi connectivity index (χ1n) is 8.40. The number of benzene rings is 2. The number of hydrogen-bond acceptors (Lipinski definition) is 2. The molecule has 0 bridgehead atoms. The van der Waals surface area contributed by atoms with Crippen molar-refractivity contribution in [3.05, 3.63) is 77.9 Å². The van der Waals surface area contributed by atoms with Crippen LogP contribution in [0.4, 0.5) is 0 Å². The summed E-state index contributed by atoms with van der Waals surface area (Å²) in [6.07, 6.45) is 6.48. The van der Waals surface area contributed by atoms with Crippen LogP contribution in [0.3, 0.4) is 0 Å². The molecule has 0 N–H and O–H groups in total. The van der Waals surface area contributed by atoms with Crippen LogP contribution < -0.4 is 0 Å². The lowest BCUT2D eigenvalue weighted by molar-refractivity contribution is 0.386. The van der Waals surface area contributed by atoms with Gasteiger partial charge in [0.15, 0.2) is 0 Å². The molecule has 0 radical (unpaired) electrons. The van der Waals surface area contributed by atoms with Crippen LogP contribution in [0.2, 0.25) is 0 Å². The molecular formula is C21H21NO2S. The van der Waals surface area contributed by atoms with Crippen LogP contribution in [0.5, 0.6) is 0 Å². The maximum Gasteiger partial charge on any atom is 0.271 e. The van der Waals surface area contributed by atoms with E-state index in [9.17, 15) is 8.42 Å². The normalized spacial score (nSPS) is 16.8. The first kappa shape index (κ1) is 17.3. The molecule has 1 unspecified atom stereocenters. The van der Waals surface area contributed by atoms with Crippen LogP contribution in [0.15, 0.2) is 71.6 Å². The Morgan fingerprint density at radius 3 is 2.36 bits per heavy atom. The van der Waals surface area contributed by atoms with E-state index in [-0.39, 0.29) is 10.9 Å². The number of hydrogen-bond donors (Lipinski definition) is 0. The number of sulfonamides is 1. The Labute approximate surface area is 150 Å². The van der Waals surface area contributed by atoms with Gasteiger partial charge in [0.05, 0.1) is 10.9 Å². The van der Waals surface area contributed by atoms with Crippen LogP contribution in [0.25, 0.3) is 0 Å². The van der Waals surface area contributed by atoms with Gasteiger partial charge in [-0.05, 0) is 56.4 Å². The van der Waals surface area contributed by atoms with Crippen molar-refractivity contribution in [1.82, 2.24) is 4.31 Å². The summed E-state index contributed by atoms with van der Waals surface area (Å²) < 4.78 is 27.7. The molecule has 2 aromatic carbocycles. The standard InChI is InChI=1S/C21H21NO2S/c1-18-12-14-21(15-13-18)25(23,24)22(20-10-6-3-7-11-20)17-16-19-8-4-2-5-9-19/h2-6,8-9,12-15,20H,7,10-11H2,1H3. The predicted octanol–water partition coefficient (Wildman–Crippen LogP) is 4.10. The number of allylic oxidation sites excluding steroid dienone is 1. The number of aryl methyl sites for hydroxylation is 1. The summed E-state index contributed by atoms with van der Waals surface area (Å²) in [6, 6.07) is 19.2. The van der Waals surface area contributed by atoms with E-state index in [4.69, 9.17) is 0 Å². The molecule has 128 valence electrons. The van der Waals surface area contributed by atoms with Gasteiger partial charge in [0, 0.05) is 11.6 Å². The Morgan fingerprint density at radius 2 is 1.72 bits per heavy atom. The zero-order chi connectivity index (χ0) is 17.7. The van der Waals surface area contributed by atoms with Gasteiger partial charge in [-0.2, -0.15) is 0 Å². The van der Waals surface area contributed by atoms with Gasteiger partial charge in [0.2, 0.25) is 0 Å². The molecule has 3 nitrogen and oxygen atoms in total. The average molecular weight is 351 g/mol. The minimum absolute atomic E-state index is 0.132. The zero-order valence-corrected chi connectivity index (χ0v) is 15.0. The minimum Gasteiger partial charge on any atom is -0.221 e. The van der Waals surface area contributed by atoms with Gasteiger partial charge in [-0.1, -0.05) is 48.0 Å². The fraction of sp³-hybridized carbons (Fsp3) is 0.238. The summed E-state index contributed by atoms with van der Waals surface area (Å²) in [7, 11) is -3.66. The molecule has 0 saturated heterocycles. The highest BCUT2D eigenvalue weighted by atomic mass is 32.2. The molecule has 2 aromatic rings. The zero-order valence-electron chi connectivity index (χ0n) is 14.2. The fourth-order valence-electron chi connectivity index (χ4n) is 2.80. The molecule has 3 rings (SSSR count). The van der Waals surface area contributed by atoms with Crippen LogP contribution >= 0.6 is 0 Å². The molecule has 1 atom stereocenters. The van der Waals surface area contributed by atoms with Crippen molar-refractivity contribution < 1.29 is 8.42 Å². The molecule has 4 heteroatoms. The van der Waals surface area contributed by atoms with Gasteiger partial charge in [-0.25, -0.2) is 12.7 Å². The van der Waals surface area contributed by atoms with Crippen molar-refractivity contribution in [2.45, 2.75) is 37.1 Å². The Morgan fingerprint density at radius 1 is 1.00 bits per heavy atom. The summed E-state index contributed by atoms with van der Waals surface area (Å²) in [4.78, 5) is 0.287. The van der Waals surface area contributed by atoms with Gasteiger partial charge in [-0.3, -0.25) is 0 Å². The minimum atomic E-state index is -3.66. The van der Waals surface area contributed by atoms with E-state index in [1.165, 1.54) is 4.31 Å². The molecule has 0 fully saturated rings. The Bertz CT molecular complexity index is 904. The first-order valence-corrected chi connectivity index (χ1v) is 9.84. The molecule has 0 aliphatic heterocycles. The molecule has 25 heavy (non-hydrogen) atoms. The van der Waals surface area contributed by atoms with Gasteiger partial charge < -0.3 is 0 Å². The van der Waals surface area contributed by atoms with Crippen molar-refractivity contribution in [3.63, 3.8) is 0 Å². The van der Waals surface area contributed by atoms with Crippen molar-refractivity contribution >= 4 is 10.0 Å². The van der Waals surface area contributed by atoms with E-state index >= 15 is 0 Å². The summed E-state index contributed by atoms with van der Waals surface area (Å²) in [6.45, 7) is 1.94. The highest BCUT2D eigenvalue weighted by molar-refractivity contribution is 7.89. The predicted molar refractivity (Wildman–Crippen MR) is 100 cm³/mol. The number of rotatable bonds is 3. The van der Waals surface area contributed by atoms with E-state index in [1.54, 1.807) is 12.1 Å². The van der Waals surface area contributed by atoms with E-state index in [1.807, 2.05) is 55.5 Å². The first-order chi connectivity index (χ1) is 12.1. The fourth-order valence-corrected chi connectivity index (χ4v) is 4.26. The van der Waals surface area contributed by atoms with Crippen molar-refractivity contribution in [2.75, 3.05) is 0 Å². The highest BCUT2D eigenvalue weighted by Crippen LogP contribution is 2.24. The third-order valence-corrected chi connectivity index (χ3v) is 6.01. The monoisotopic (exact) mass is 351 g/mol. The molecule has 0 spiro atoms. The quantitative estimate of drug-likeness (QED) is 0.474. The van der Waals surface area contributed by atoms with E-state index in [2.05, 4.69) is 18.0 Å². The van der Waals surface area contributed by atoms with Crippen molar-refractivity contribution in [1.29, 1.82) is 0 Å². The third kappa shape index (κ3) is 4.12. The summed E-state index contributed by atoms with van der Waals surface area (Å²) >= 11 is 0. The lowest BCUT2D eigenvalue weighted by Gasteiger charge is -2.28.